The number of nitrogens with one attached hydrogen (secondary N) is 2. The lowest BCUT2D eigenvalue weighted by Crippen LogP contribution is -2.40. The molecule has 2 saturated carbocycles. The summed E-state index contributed by atoms with van der Waals surface area (Å²) in [5, 5.41) is 11.8. The SMILES string of the molecule is Cc1nonc1C(=O)N[C@H](c1nc2c(F)c(C(C3CC3)N3CC(C(F)(F)F)NC3=O)ccc2o1)C1CCC(F)(F)CC1. The molecule has 3 fully saturated rings. The molecule has 1 saturated heterocycles. The summed E-state index contributed by atoms with van der Waals surface area (Å²) in [5.74, 6) is -5.35. The molecule has 0 spiro atoms. The molecule has 0 bridgehead atoms. The molecule has 226 valence electrons. The minimum atomic E-state index is -4.66. The van der Waals surface area contributed by atoms with Crippen molar-refractivity contribution in [2.45, 2.75) is 75.7 Å². The molecule has 2 unspecified atom stereocenters. The third kappa shape index (κ3) is 5.26. The van der Waals surface area contributed by atoms with Crippen LogP contribution in [0, 0.1) is 24.6 Å². The van der Waals surface area contributed by atoms with Crippen LogP contribution in [0.15, 0.2) is 21.2 Å². The summed E-state index contributed by atoms with van der Waals surface area (Å²) in [6.45, 7) is 0.827. The molecule has 6 rings (SSSR count). The average Bonchev–Trinajstić information content (AvgIpc) is 3.30. The first-order chi connectivity index (χ1) is 19.8. The van der Waals surface area contributed by atoms with Crippen LogP contribution in [-0.4, -0.2) is 56.8 Å². The maximum Gasteiger partial charge on any atom is 0.410 e. The number of oxazole rings is 1. The molecule has 10 nitrogen and oxygen atoms in total. The maximum atomic E-state index is 16.1. The molecule has 2 N–H and O–H groups in total. The van der Waals surface area contributed by atoms with E-state index in [2.05, 4.69) is 25.2 Å². The molecule has 16 heteroatoms. The van der Waals surface area contributed by atoms with Gasteiger partial charge in [0.05, 0.1) is 12.6 Å². The molecule has 3 aliphatic rings. The van der Waals surface area contributed by atoms with Gasteiger partial charge >= 0.3 is 12.2 Å². The van der Waals surface area contributed by atoms with Crippen LogP contribution in [0.25, 0.3) is 11.1 Å². The highest BCUT2D eigenvalue weighted by molar-refractivity contribution is 5.93. The van der Waals surface area contributed by atoms with Gasteiger partial charge in [-0.15, -0.1) is 0 Å². The van der Waals surface area contributed by atoms with E-state index in [0.717, 1.165) is 4.90 Å². The Labute approximate surface area is 234 Å². The van der Waals surface area contributed by atoms with E-state index in [1.54, 1.807) is 0 Å². The fourth-order valence-corrected chi connectivity index (χ4v) is 5.85. The lowest BCUT2D eigenvalue weighted by atomic mass is 9.82. The number of alkyl halides is 5. The van der Waals surface area contributed by atoms with Crippen molar-refractivity contribution in [1.29, 1.82) is 0 Å². The van der Waals surface area contributed by atoms with Crippen LogP contribution < -0.4 is 10.6 Å². The van der Waals surface area contributed by atoms with Gasteiger partial charge in [0, 0.05) is 18.4 Å². The first-order valence-corrected chi connectivity index (χ1v) is 13.5. The molecule has 1 aliphatic heterocycles. The van der Waals surface area contributed by atoms with Crippen molar-refractivity contribution >= 4 is 23.0 Å². The molecule has 2 aromatic heterocycles. The molecule has 42 heavy (non-hydrogen) atoms. The van der Waals surface area contributed by atoms with E-state index in [9.17, 15) is 31.5 Å². The molecule has 3 aromatic rings. The zero-order chi connectivity index (χ0) is 30.0. The van der Waals surface area contributed by atoms with Crippen molar-refractivity contribution < 1.29 is 45.0 Å². The Morgan fingerprint density at radius 1 is 1.14 bits per heavy atom. The van der Waals surface area contributed by atoms with Crippen molar-refractivity contribution in [3.8, 4) is 0 Å². The van der Waals surface area contributed by atoms with Crippen molar-refractivity contribution in [2.75, 3.05) is 6.54 Å². The average molecular weight is 601 g/mol. The highest BCUT2D eigenvalue weighted by Gasteiger charge is 2.51. The molecular formula is C26H26F6N6O4. The summed E-state index contributed by atoms with van der Waals surface area (Å²) < 4.78 is 94.3. The standard InChI is InChI=1S/C26H26F6N6O4/c1-11-18(37-42-36-11)22(39)34-19(12-6-8-25(28,29)9-7-12)23-35-20-15(41-23)5-4-14(17(20)27)21(13-2-3-13)38-10-16(26(30,31)32)33-24(38)40/h4-5,12-13,16,19,21H,2-3,6-10H2,1H3,(H,33,40)(H,34,39)/t16?,19-,21?/m0/s1. The molecule has 2 aliphatic carbocycles. The van der Waals surface area contributed by atoms with Gasteiger partial charge < -0.3 is 20.0 Å². The fourth-order valence-electron chi connectivity index (χ4n) is 5.85. The highest BCUT2D eigenvalue weighted by Crippen LogP contribution is 2.48. The van der Waals surface area contributed by atoms with Gasteiger partial charge in [0.15, 0.2) is 17.1 Å². The Morgan fingerprint density at radius 2 is 1.86 bits per heavy atom. The summed E-state index contributed by atoms with van der Waals surface area (Å²) in [5.41, 5.74) is -0.206. The lowest BCUT2D eigenvalue weighted by Gasteiger charge is -2.32. The second kappa shape index (κ2) is 10.2. The number of carbonyl (C=O) groups is 2. The topological polar surface area (TPSA) is 126 Å². The van der Waals surface area contributed by atoms with Gasteiger partial charge in [0.25, 0.3) is 5.91 Å². The second-order valence-electron chi connectivity index (χ2n) is 11.2. The zero-order valence-corrected chi connectivity index (χ0v) is 22.2. The summed E-state index contributed by atoms with van der Waals surface area (Å²) in [6.07, 6.45) is -4.26. The minimum absolute atomic E-state index is 0.00925. The second-order valence-corrected chi connectivity index (χ2v) is 11.2. The summed E-state index contributed by atoms with van der Waals surface area (Å²) in [7, 11) is 0. The number of hydrogen-bond donors (Lipinski definition) is 2. The smallest absolute Gasteiger partial charge is 0.410 e. The summed E-state index contributed by atoms with van der Waals surface area (Å²) >= 11 is 0. The van der Waals surface area contributed by atoms with Crippen LogP contribution in [0.4, 0.5) is 31.1 Å². The van der Waals surface area contributed by atoms with Gasteiger partial charge in [-0.3, -0.25) is 4.79 Å². The Balaban J connectivity index is 1.34. The molecule has 3 heterocycles. The van der Waals surface area contributed by atoms with Gasteiger partial charge in [0.1, 0.15) is 23.3 Å². The quantitative estimate of drug-likeness (QED) is 0.350. The van der Waals surface area contributed by atoms with Crippen molar-refractivity contribution in [2.24, 2.45) is 11.8 Å². The fraction of sp³-hybridized carbons (Fsp3) is 0.577. The van der Waals surface area contributed by atoms with Crippen LogP contribution in [0.2, 0.25) is 0 Å². The normalized spacial score (nSPS) is 22.8. The number of carbonyl (C=O) groups excluding carboxylic acids is 2. The largest absolute Gasteiger partial charge is 0.438 e. The van der Waals surface area contributed by atoms with Crippen LogP contribution in [0.3, 0.4) is 0 Å². The Bertz CT molecular complexity index is 1510. The number of aromatic nitrogens is 3. The predicted molar refractivity (Wildman–Crippen MR) is 131 cm³/mol. The maximum absolute atomic E-state index is 16.1. The number of amides is 3. The van der Waals surface area contributed by atoms with Crippen molar-refractivity contribution in [1.82, 2.24) is 30.8 Å². The first kappa shape index (κ1) is 28.3. The molecule has 3 atom stereocenters. The number of halogens is 6. The number of hydrogen-bond acceptors (Lipinski definition) is 7. The number of fused-ring (bicyclic) bond motifs is 1. The van der Waals surface area contributed by atoms with Gasteiger partial charge in [-0.05, 0) is 55.7 Å². The van der Waals surface area contributed by atoms with E-state index in [4.69, 9.17) is 4.42 Å². The number of rotatable bonds is 7. The predicted octanol–water partition coefficient (Wildman–Crippen LogP) is 5.36. The van der Waals surface area contributed by atoms with Gasteiger partial charge in [0.2, 0.25) is 11.8 Å². The van der Waals surface area contributed by atoms with E-state index < -0.39 is 73.3 Å². The molecule has 0 radical (unpaired) electrons. The molecule has 3 amide bonds. The van der Waals surface area contributed by atoms with Crippen LogP contribution in [-0.2, 0) is 0 Å². The highest BCUT2D eigenvalue weighted by atomic mass is 19.4. The van der Waals surface area contributed by atoms with Gasteiger partial charge in [-0.1, -0.05) is 11.2 Å². The zero-order valence-electron chi connectivity index (χ0n) is 22.2. The third-order valence-electron chi connectivity index (χ3n) is 8.25. The van der Waals surface area contributed by atoms with E-state index in [1.165, 1.54) is 19.1 Å². The summed E-state index contributed by atoms with van der Waals surface area (Å²) in [4.78, 5) is 30.8. The van der Waals surface area contributed by atoms with Crippen LogP contribution >= 0.6 is 0 Å². The summed E-state index contributed by atoms with van der Waals surface area (Å²) in [6, 6.07) is -2.26. The van der Waals surface area contributed by atoms with Crippen molar-refractivity contribution in [3.05, 3.63) is 40.8 Å². The van der Waals surface area contributed by atoms with E-state index in [1.807, 2.05) is 5.32 Å². The van der Waals surface area contributed by atoms with E-state index in [-0.39, 0.29) is 52.7 Å². The monoisotopic (exact) mass is 600 g/mol. The molecular weight excluding hydrogens is 574 g/mol. The van der Waals surface area contributed by atoms with E-state index >= 15 is 4.39 Å². The number of benzene rings is 1. The third-order valence-corrected chi connectivity index (χ3v) is 8.25. The van der Waals surface area contributed by atoms with Gasteiger partial charge in [-0.2, -0.15) is 13.2 Å². The lowest BCUT2D eigenvalue weighted by molar-refractivity contribution is -0.150. The Kier molecular flexibility index (Phi) is 6.84. The van der Waals surface area contributed by atoms with Gasteiger partial charge in [-0.25, -0.2) is 27.6 Å². The Hall–Kier alpha value is -3.85. The molecule has 1 aromatic carbocycles. The van der Waals surface area contributed by atoms with Crippen LogP contribution in [0.5, 0.6) is 0 Å². The van der Waals surface area contributed by atoms with Crippen LogP contribution in [0.1, 0.15) is 78.2 Å². The number of urea groups is 1. The number of aryl methyl sites for hydroxylation is 1. The first-order valence-electron chi connectivity index (χ1n) is 13.5. The van der Waals surface area contributed by atoms with E-state index in [0.29, 0.717) is 12.8 Å². The Morgan fingerprint density at radius 3 is 2.45 bits per heavy atom. The van der Waals surface area contributed by atoms with Crippen molar-refractivity contribution in [3.63, 3.8) is 0 Å². The number of nitrogens with zero attached hydrogens (tertiary/aromatic N) is 4. The minimum Gasteiger partial charge on any atom is -0.438 e.